The van der Waals surface area contributed by atoms with E-state index in [-0.39, 0.29) is 19.8 Å². The summed E-state index contributed by atoms with van der Waals surface area (Å²) in [4.78, 5) is 25.6. The lowest BCUT2D eigenvalue weighted by Gasteiger charge is -2.27. The lowest BCUT2D eigenvalue weighted by molar-refractivity contribution is -0.171. The number of hydrogen-bond acceptors (Lipinski definition) is 8. The largest absolute Gasteiger partial charge is 0.468 e. The van der Waals surface area contributed by atoms with Crippen LogP contribution in [0.25, 0.3) is 0 Å². The molecule has 206 valence electrons. The predicted octanol–water partition coefficient (Wildman–Crippen LogP) is 4.10. The van der Waals surface area contributed by atoms with E-state index in [1.54, 1.807) is 0 Å². The van der Waals surface area contributed by atoms with Gasteiger partial charge < -0.3 is 28.4 Å². The van der Waals surface area contributed by atoms with Crippen LogP contribution in [0.2, 0.25) is 0 Å². The van der Waals surface area contributed by atoms with Crippen molar-refractivity contribution in [2.75, 3.05) is 20.8 Å². The Morgan fingerprint density at radius 3 is 1.56 bits per heavy atom. The number of ether oxygens (including phenoxy) is 6. The molecule has 4 rings (SSSR count). The van der Waals surface area contributed by atoms with Gasteiger partial charge in [-0.15, -0.1) is 0 Å². The summed E-state index contributed by atoms with van der Waals surface area (Å²) in [5.74, 6) is -2.90. The highest BCUT2D eigenvalue weighted by Gasteiger charge is 2.54. The third-order valence-corrected chi connectivity index (χ3v) is 6.55. The standard InChI is InChI=1S/C31H34O8/c1-34-30(32)26(31(33)35-2)28-29(38-20-24-16-10-5-11-17-24)27(37-19-23-14-8-4-9-15-23)25(39-28)21-36-18-22-12-6-3-7-13-22/h3-17,25-29H,18-21H2,1-2H3/t25-,27-,28+,29-/m1/s1. The van der Waals surface area contributed by atoms with Crippen molar-refractivity contribution < 1.29 is 38.0 Å². The van der Waals surface area contributed by atoms with Crippen LogP contribution < -0.4 is 0 Å². The molecule has 3 aromatic rings. The summed E-state index contributed by atoms with van der Waals surface area (Å²) in [6, 6.07) is 29.1. The maximum Gasteiger partial charge on any atom is 0.322 e. The van der Waals surface area contributed by atoms with Crippen molar-refractivity contribution >= 4 is 11.9 Å². The number of rotatable bonds is 13. The average Bonchev–Trinajstić information content (AvgIpc) is 3.32. The highest BCUT2D eigenvalue weighted by atomic mass is 16.6. The zero-order valence-electron chi connectivity index (χ0n) is 22.1. The fourth-order valence-electron chi connectivity index (χ4n) is 4.57. The molecule has 0 bridgehead atoms. The summed E-state index contributed by atoms with van der Waals surface area (Å²) in [6.45, 7) is 1.03. The Bertz CT molecular complexity index is 1140. The van der Waals surface area contributed by atoms with E-state index in [0.29, 0.717) is 6.61 Å². The van der Waals surface area contributed by atoms with Gasteiger partial charge in [-0.1, -0.05) is 91.0 Å². The van der Waals surface area contributed by atoms with Gasteiger partial charge in [0, 0.05) is 0 Å². The first-order valence-corrected chi connectivity index (χ1v) is 12.8. The fraction of sp³-hybridized carbons (Fsp3) is 0.355. The fourth-order valence-corrected chi connectivity index (χ4v) is 4.57. The van der Waals surface area contributed by atoms with Gasteiger partial charge in [-0.2, -0.15) is 0 Å². The molecule has 3 aromatic carbocycles. The average molecular weight is 535 g/mol. The number of hydrogen-bond donors (Lipinski definition) is 0. The summed E-state index contributed by atoms with van der Waals surface area (Å²) in [5.41, 5.74) is 2.89. The highest BCUT2D eigenvalue weighted by molar-refractivity contribution is 5.95. The zero-order valence-corrected chi connectivity index (χ0v) is 22.1. The second-order valence-corrected chi connectivity index (χ2v) is 9.19. The van der Waals surface area contributed by atoms with Crippen LogP contribution in [0.1, 0.15) is 16.7 Å². The normalized spacial score (nSPS) is 20.6. The molecule has 1 aliphatic heterocycles. The van der Waals surface area contributed by atoms with E-state index in [1.807, 2.05) is 91.0 Å². The van der Waals surface area contributed by atoms with Gasteiger partial charge in [-0.3, -0.25) is 9.59 Å². The summed E-state index contributed by atoms with van der Waals surface area (Å²) in [6.07, 6.45) is -3.08. The van der Waals surface area contributed by atoms with Gasteiger partial charge in [0.25, 0.3) is 0 Å². The molecule has 1 fully saturated rings. The number of carbonyl (C=O) groups is 2. The topological polar surface area (TPSA) is 89.5 Å². The lowest BCUT2D eigenvalue weighted by atomic mass is 9.95. The molecule has 1 saturated heterocycles. The van der Waals surface area contributed by atoms with Crippen molar-refractivity contribution in [1.82, 2.24) is 0 Å². The van der Waals surface area contributed by atoms with Crippen LogP contribution in [-0.2, 0) is 57.8 Å². The SMILES string of the molecule is COC(=O)C(C(=O)OC)[C@@H]1O[C@H](COCc2ccccc2)[C@@H](OCc2ccccc2)[C@H]1OCc1ccccc1. The zero-order chi connectivity index (χ0) is 27.5. The van der Waals surface area contributed by atoms with Crippen LogP contribution in [0.15, 0.2) is 91.0 Å². The Labute approximate surface area is 228 Å². The van der Waals surface area contributed by atoms with Gasteiger partial charge in [-0.25, -0.2) is 0 Å². The third-order valence-electron chi connectivity index (χ3n) is 6.55. The maximum atomic E-state index is 12.8. The molecule has 0 unspecified atom stereocenters. The molecule has 0 spiro atoms. The lowest BCUT2D eigenvalue weighted by Crippen LogP contribution is -2.46. The molecule has 4 atom stereocenters. The molecule has 1 heterocycles. The maximum absolute atomic E-state index is 12.8. The van der Waals surface area contributed by atoms with Gasteiger partial charge in [0.2, 0.25) is 0 Å². The van der Waals surface area contributed by atoms with Gasteiger partial charge in [0.05, 0.1) is 40.6 Å². The van der Waals surface area contributed by atoms with E-state index < -0.39 is 42.3 Å². The Morgan fingerprint density at radius 1 is 0.667 bits per heavy atom. The van der Waals surface area contributed by atoms with Crippen LogP contribution >= 0.6 is 0 Å². The van der Waals surface area contributed by atoms with Crippen molar-refractivity contribution in [3.63, 3.8) is 0 Å². The molecule has 8 heteroatoms. The van der Waals surface area contributed by atoms with Crippen molar-refractivity contribution in [2.45, 2.75) is 44.2 Å². The molecule has 1 aliphatic rings. The van der Waals surface area contributed by atoms with Crippen molar-refractivity contribution in [3.05, 3.63) is 108 Å². The van der Waals surface area contributed by atoms with Gasteiger partial charge >= 0.3 is 11.9 Å². The number of esters is 2. The van der Waals surface area contributed by atoms with Crippen LogP contribution in [-0.4, -0.2) is 57.2 Å². The summed E-state index contributed by atoms with van der Waals surface area (Å²) in [5, 5.41) is 0. The van der Waals surface area contributed by atoms with Crippen molar-refractivity contribution in [2.24, 2.45) is 5.92 Å². The van der Waals surface area contributed by atoms with Crippen LogP contribution in [0.4, 0.5) is 0 Å². The number of methoxy groups -OCH3 is 2. The van der Waals surface area contributed by atoms with Gasteiger partial charge in [-0.05, 0) is 16.7 Å². The second-order valence-electron chi connectivity index (χ2n) is 9.19. The number of carbonyl (C=O) groups excluding carboxylic acids is 2. The van der Waals surface area contributed by atoms with E-state index in [2.05, 4.69) is 0 Å². The minimum atomic E-state index is -1.36. The molecule has 0 saturated carbocycles. The molecule has 39 heavy (non-hydrogen) atoms. The third kappa shape index (κ3) is 7.74. The summed E-state index contributed by atoms with van der Waals surface area (Å²) >= 11 is 0. The van der Waals surface area contributed by atoms with Gasteiger partial charge in [0.15, 0.2) is 5.92 Å². The molecule has 0 aromatic heterocycles. The molecule has 0 amide bonds. The monoisotopic (exact) mass is 534 g/mol. The van der Waals surface area contributed by atoms with Crippen molar-refractivity contribution in [1.29, 1.82) is 0 Å². The smallest absolute Gasteiger partial charge is 0.322 e. The minimum absolute atomic E-state index is 0.158. The number of benzene rings is 3. The van der Waals surface area contributed by atoms with E-state index in [9.17, 15) is 9.59 Å². The van der Waals surface area contributed by atoms with Crippen LogP contribution in [0.5, 0.6) is 0 Å². The molecular weight excluding hydrogens is 500 g/mol. The van der Waals surface area contributed by atoms with E-state index in [1.165, 1.54) is 14.2 Å². The Hall–Kier alpha value is -3.56. The molecule has 8 nitrogen and oxygen atoms in total. The molecular formula is C31H34O8. The summed E-state index contributed by atoms with van der Waals surface area (Å²) < 4.78 is 35.0. The second kappa shape index (κ2) is 14.6. The Kier molecular flexibility index (Phi) is 10.6. The Balaban J connectivity index is 1.60. The highest BCUT2D eigenvalue weighted by Crippen LogP contribution is 2.34. The first-order valence-electron chi connectivity index (χ1n) is 12.8. The summed E-state index contributed by atoms with van der Waals surface area (Å²) in [7, 11) is 2.44. The van der Waals surface area contributed by atoms with Crippen LogP contribution in [0, 0.1) is 5.92 Å². The van der Waals surface area contributed by atoms with E-state index in [0.717, 1.165) is 16.7 Å². The van der Waals surface area contributed by atoms with Gasteiger partial charge in [0.1, 0.15) is 24.4 Å². The Morgan fingerprint density at radius 2 is 1.10 bits per heavy atom. The van der Waals surface area contributed by atoms with E-state index >= 15 is 0 Å². The van der Waals surface area contributed by atoms with Crippen LogP contribution in [0.3, 0.4) is 0 Å². The minimum Gasteiger partial charge on any atom is -0.468 e. The predicted molar refractivity (Wildman–Crippen MR) is 142 cm³/mol. The molecule has 0 aliphatic carbocycles. The van der Waals surface area contributed by atoms with Crippen molar-refractivity contribution in [3.8, 4) is 0 Å². The molecule has 0 radical (unpaired) electrons. The molecule has 0 N–H and O–H groups in total. The van der Waals surface area contributed by atoms with E-state index in [4.69, 9.17) is 28.4 Å². The first kappa shape index (κ1) is 28.4. The first-order chi connectivity index (χ1) is 19.1. The quantitative estimate of drug-likeness (QED) is 0.239.